The SMILES string of the molecule is C=CCOc1ccc(C2c3c(oc4ccc(Cl)cc4c3=O)C(=O)N2c2nc(C)c(C(=O)OCC)s2)cc1OCC. The number of aromatic nitrogens is 1. The van der Waals surface area contributed by atoms with Crippen LogP contribution in [0.4, 0.5) is 5.13 Å². The zero-order valence-electron chi connectivity index (χ0n) is 22.0. The minimum absolute atomic E-state index is 0.111. The number of carbonyl (C=O) groups is 2. The first-order valence-electron chi connectivity index (χ1n) is 12.5. The van der Waals surface area contributed by atoms with Crippen molar-refractivity contribution in [2.75, 3.05) is 24.7 Å². The zero-order chi connectivity index (χ0) is 28.6. The number of ether oxygens (including phenoxy) is 3. The lowest BCUT2D eigenvalue weighted by Crippen LogP contribution is -2.29. The summed E-state index contributed by atoms with van der Waals surface area (Å²) in [5, 5.41) is 0.812. The van der Waals surface area contributed by atoms with Gasteiger partial charge in [0, 0.05) is 5.02 Å². The highest BCUT2D eigenvalue weighted by Gasteiger charge is 2.45. The summed E-state index contributed by atoms with van der Waals surface area (Å²) >= 11 is 7.20. The van der Waals surface area contributed by atoms with E-state index in [0.717, 1.165) is 11.3 Å². The van der Waals surface area contributed by atoms with E-state index >= 15 is 0 Å². The Kier molecular flexibility index (Phi) is 7.64. The fourth-order valence-electron chi connectivity index (χ4n) is 4.56. The molecule has 4 aromatic rings. The molecule has 1 unspecified atom stereocenters. The number of amides is 1. The molecule has 40 heavy (non-hydrogen) atoms. The van der Waals surface area contributed by atoms with Gasteiger partial charge >= 0.3 is 5.97 Å². The summed E-state index contributed by atoms with van der Waals surface area (Å²) in [6.07, 6.45) is 1.62. The van der Waals surface area contributed by atoms with Gasteiger partial charge in [-0.2, -0.15) is 0 Å². The van der Waals surface area contributed by atoms with Crippen LogP contribution < -0.4 is 19.8 Å². The van der Waals surface area contributed by atoms with Gasteiger partial charge in [-0.1, -0.05) is 41.7 Å². The van der Waals surface area contributed by atoms with Crippen LogP contribution in [0.1, 0.15) is 56.9 Å². The molecule has 206 valence electrons. The second-order valence-corrected chi connectivity index (χ2v) is 10.2. The van der Waals surface area contributed by atoms with Gasteiger partial charge < -0.3 is 18.6 Å². The van der Waals surface area contributed by atoms with Crippen LogP contribution in [0.3, 0.4) is 0 Å². The quantitative estimate of drug-likeness (QED) is 0.173. The molecule has 0 saturated carbocycles. The zero-order valence-corrected chi connectivity index (χ0v) is 23.6. The highest BCUT2D eigenvalue weighted by Crippen LogP contribution is 2.45. The van der Waals surface area contributed by atoms with Gasteiger partial charge in [-0.05, 0) is 56.7 Å². The third kappa shape index (κ3) is 4.73. The Morgan fingerprint density at radius 1 is 1.15 bits per heavy atom. The van der Waals surface area contributed by atoms with Crippen LogP contribution in [-0.2, 0) is 4.74 Å². The molecule has 2 aromatic heterocycles. The summed E-state index contributed by atoms with van der Waals surface area (Å²) in [6, 6.07) is 8.88. The molecule has 0 aliphatic carbocycles. The van der Waals surface area contributed by atoms with E-state index in [9.17, 15) is 14.4 Å². The molecule has 1 aliphatic rings. The summed E-state index contributed by atoms with van der Waals surface area (Å²) in [6.45, 7) is 9.70. The van der Waals surface area contributed by atoms with Crippen LogP contribution >= 0.6 is 22.9 Å². The van der Waals surface area contributed by atoms with E-state index in [-0.39, 0.29) is 45.5 Å². The van der Waals surface area contributed by atoms with Crippen LogP contribution in [0, 0.1) is 6.92 Å². The van der Waals surface area contributed by atoms with Crippen molar-refractivity contribution in [2.45, 2.75) is 26.8 Å². The van der Waals surface area contributed by atoms with E-state index in [1.54, 1.807) is 50.3 Å². The van der Waals surface area contributed by atoms with E-state index in [1.165, 1.54) is 11.0 Å². The minimum atomic E-state index is -0.935. The number of hydrogen-bond acceptors (Lipinski definition) is 9. The highest BCUT2D eigenvalue weighted by atomic mass is 35.5. The van der Waals surface area contributed by atoms with Gasteiger partial charge in [-0.15, -0.1) is 0 Å². The maximum atomic E-state index is 13.9. The predicted molar refractivity (Wildman–Crippen MR) is 152 cm³/mol. The number of rotatable bonds is 9. The molecule has 0 bridgehead atoms. The van der Waals surface area contributed by atoms with Crippen molar-refractivity contribution in [1.29, 1.82) is 0 Å². The number of halogens is 1. The van der Waals surface area contributed by atoms with Gasteiger partial charge in [0.25, 0.3) is 5.91 Å². The Morgan fingerprint density at radius 3 is 2.67 bits per heavy atom. The predicted octanol–water partition coefficient (Wildman–Crippen LogP) is 6.10. The van der Waals surface area contributed by atoms with Crippen molar-refractivity contribution in [3.8, 4) is 11.5 Å². The van der Waals surface area contributed by atoms with Crippen LogP contribution in [0.2, 0.25) is 5.02 Å². The van der Waals surface area contributed by atoms with Gasteiger partial charge in [-0.25, -0.2) is 9.78 Å². The molecule has 9 nitrogen and oxygen atoms in total. The summed E-state index contributed by atoms with van der Waals surface area (Å²) < 4.78 is 22.7. The topological polar surface area (TPSA) is 108 Å². The molecule has 5 rings (SSSR count). The first kappa shape index (κ1) is 27.4. The number of benzene rings is 2. The molecule has 0 saturated heterocycles. The molecule has 1 amide bonds. The number of aryl methyl sites for hydroxylation is 1. The van der Waals surface area contributed by atoms with Crippen molar-refractivity contribution in [2.24, 2.45) is 0 Å². The van der Waals surface area contributed by atoms with Gasteiger partial charge in [0.1, 0.15) is 17.1 Å². The Labute approximate surface area is 238 Å². The van der Waals surface area contributed by atoms with E-state index < -0.39 is 23.3 Å². The number of anilines is 1. The van der Waals surface area contributed by atoms with Gasteiger partial charge in [0.05, 0.1) is 35.9 Å². The third-order valence-corrected chi connectivity index (χ3v) is 7.60. The van der Waals surface area contributed by atoms with Crippen molar-refractivity contribution >= 4 is 50.9 Å². The molecule has 1 atom stereocenters. The van der Waals surface area contributed by atoms with Gasteiger partial charge in [0.2, 0.25) is 5.76 Å². The number of nitrogens with zero attached hydrogens (tertiary/aromatic N) is 2. The summed E-state index contributed by atoms with van der Waals surface area (Å²) in [7, 11) is 0. The van der Waals surface area contributed by atoms with Crippen molar-refractivity contribution in [1.82, 2.24) is 4.98 Å². The monoisotopic (exact) mass is 580 g/mol. The third-order valence-electron chi connectivity index (χ3n) is 6.22. The van der Waals surface area contributed by atoms with E-state index in [1.807, 2.05) is 6.92 Å². The lowest BCUT2D eigenvalue weighted by molar-refractivity contribution is 0.0531. The van der Waals surface area contributed by atoms with Crippen molar-refractivity contribution in [3.63, 3.8) is 0 Å². The standard InChI is InChI=1S/C29H25ClN2O7S/c1-5-12-38-20-10-8-16(13-21(20)36-6-2)23-22-24(33)18-14-17(30)9-11-19(18)39-25(22)27(34)32(23)29-31-15(4)26(40-29)28(35)37-7-3/h5,8-11,13-14,23H,1,6-7,12H2,2-4H3. The lowest BCUT2D eigenvalue weighted by atomic mass is 9.98. The average molecular weight is 581 g/mol. The van der Waals surface area contributed by atoms with Crippen molar-refractivity contribution in [3.05, 3.63) is 91.8 Å². The first-order valence-corrected chi connectivity index (χ1v) is 13.7. The maximum absolute atomic E-state index is 13.9. The second kappa shape index (κ2) is 11.1. The number of carbonyl (C=O) groups excluding carboxylic acids is 2. The summed E-state index contributed by atoms with van der Waals surface area (Å²) in [4.78, 5) is 46.5. The Hall–Kier alpha value is -4.15. The van der Waals surface area contributed by atoms with Crippen LogP contribution in [0.25, 0.3) is 11.0 Å². The molecular formula is C29H25ClN2O7S. The highest BCUT2D eigenvalue weighted by molar-refractivity contribution is 7.17. The number of esters is 1. The number of fused-ring (bicyclic) bond motifs is 2. The Morgan fingerprint density at radius 2 is 1.95 bits per heavy atom. The van der Waals surface area contributed by atoms with Crippen LogP contribution in [-0.4, -0.2) is 36.7 Å². The molecule has 0 N–H and O–H groups in total. The fourth-order valence-corrected chi connectivity index (χ4v) is 5.72. The second-order valence-electron chi connectivity index (χ2n) is 8.76. The summed E-state index contributed by atoms with van der Waals surface area (Å²) in [5.41, 5.74) is 0.921. The largest absolute Gasteiger partial charge is 0.490 e. The molecule has 0 fully saturated rings. The molecule has 3 heterocycles. The van der Waals surface area contributed by atoms with Crippen LogP contribution in [0.5, 0.6) is 11.5 Å². The number of hydrogen-bond donors (Lipinski definition) is 0. The smallest absolute Gasteiger partial charge is 0.350 e. The molecule has 0 radical (unpaired) electrons. The first-order chi connectivity index (χ1) is 19.3. The van der Waals surface area contributed by atoms with Crippen LogP contribution in [0.15, 0.2) is 58.3 Å². The van der Waals surface area contributed by atoms with E-state index in [0.29, 0.717) is 34.4 Å². The lowest BCUT2D eigenvalue weighted by Gasteiger charge is -2.23. The Balaban J connectivity index is 1.74. The van der Waals surface area contributed by atoms with Gasteiger partial charge in [-0.3, -0.25) is 14.5 Å². The summed E-state index contributed by atoms with van der Waals surface area (Å²) in [5.74, 6) is -0.309. The molecule has 0 spiro atoms. The minimum Gasteiger partial charge on any atom is -0.490 e. The average Bonchev–Trinajstić information content (AvgIpc) is 3.46. The normalized spacial score (nSPS) is 14.3. The Bertz CT molecular complexity index is 1710. The molecular weight excluding hydrogens is 556 g/mol. The van der Waals surface area contributed by atoms with Crippen molar-refractivity contribution < 1.29 is 28.2 Å². The van der Waals surface area contributed by atoms with E-state index in [2.05, 4.69) is 11.6 Å². The maximum Gasteiger partial charge on any atom is 0.350 e. The molecule has 1 aliphatic heterocycles. The molecule has 11 heteroatoms. The number of thiazole rings is 1. The van der Waals surface area contributed by atoms with Gasteiger partial charge in [0.15, 0.2) is 22.1 Å². The fraction of sp³-hybridized carbons (Fsp3) is 0.241. The molecule has 2 aromatic carbocycles. The van der Waals surface area contributed by atoms with E-state index in [4.69, 9.17) is 30.2 Å².